The van der Waals surface area contributed by atoms with E-state index in [1.54, 1.807) is 18.9 Å². The van der Waals surface area contributed by atoms with Crippen LogP contribution in [0.15, 0.2) is 64.8 Å². The van der Waals surface area contributed by atoms with Gasteiger partial charge in [-0.25, -0.2) is 4.98 Å². The van der Waals surface area contributed by atoms with E-state index in [1.165, 1.54) is 0 Å². The topological polar surface area (TPSA) is 26.5 Å². The van der Waals surface area contributed by atoms with Crippen LogP contribution in [0.4, 0.5) is 0 Å². The molecule has 90 valence electrons. The van der Waals surface area contributed by atoms with Gasteiger partial charge < -0.3 is 4.74 Å². The fraction of sp³-hybridized carbons (Fsp3) is 0.0714. The molecule has 0 amide bonds. The number of imidazole rings is 1. The molecule has 3 rings (SSSR count). The van der Waals surface area contributed by atoms with Gasteiger partial charge in [0.1, 0.15) is 16.4 Å². The van der Waals surface area contributed by atoms with Crippen LogP contribution in [0.1, 0.15) is 0 Å². The van der Waals surface area contributed by atoms with Crippen molar-refractivity contribution >= 4 is 17.4 Å². The minimum atomic E-state index is 0.883. The van der Waals surface area contributed by atoms with Gasteiger partial charge in [0.15, 0.2) is 0 Å². The Morgan fingerprint density at radius 2 is 1.94 bits per heavy atom. The van der Waals surface area contributed by atoms with E-state index in [0.717, 1.165) is 21.3 Å². The van der Waals surface area contributed by atoms with Crippen molar-refractivity contribution in [3.63, 3.8) is 0 Å². The highest BCUT2D eigenvalue weighted by Gasteiger charge is 2.07. The highest BCUT2D eigenvalue weighted by atomic mass is 32.2. The lowest BCUT2D eigenvalue weighted by molar-refractivity contribution is 0.405. The lowest BCUT2D eigenvalue weighted by atomic mass is 10.3. The first-order chi connectivity index (χ1) is 8.88. The second-order valence-corrected chi connectivity index (χ2v) is 4.84. The van der Waals surface area contributed by atoms with Crippen molar-refractivity contribution in [2.24, 2.45) is 0 Å². The van der Waals surface area contributed by atoms with E-state index in [2.05, 4.69) is 9.38 Å². The molecule has 0 N–H and O–H groups in total. The lowest BCUT2D eigenvalue weighted by Crippen LogP contribution is -1.87. The number of hydrogen-bond acceptors (Lipinski definition) is 3. The van der Waals surface area contributed by atoms with E-state index < -0.39 is 0 Å². The molecular formula is C14H12N2OS. The molecule has 0 saturated carbocycles. The zero-order valence-electron chi connectivity index (χ0n) is 9.91. The molecule has 1 aromatic carbocycles. The molecule has 0 radical (unpaired) electrons. The van der Waals surface area contributed by atoms with Crippen LogP contribution in [0.25, 0.3) is 5.65 Å². The molecule has 3 nitrogen and oxygen atoms in total. The average molecular weight is 256 g/mol. The number of hydrogen-bond donors (Lipinski definition) is 0. The van der Waals surface area contributed by atoms with Crippen LogP contribution in [0.5, 0.6) is 5.75 Å². The molecule has 3 aromatic rings. The Labute approximate surface area is 109 Å². The minimum absolute atomic E-state index is 0.883. The van der Waals surface area contributed by atoms with E-state index in [9.17, 15) is 0 Å². The number of para-hydroxylation sites is 1. The third-order valence-corrected chi connectivity index (χ3v) is 3.74. The lowest BCUT2D eigenvalue weighted by Gasteiger charge is -2.06. The average Bonchev–Trinajstić information content (AvgIpc) is 2.83. The van der Waals surface area contributed by atoms with Crippen LogP contribution in [-0.2, 0) is 0 Å². The third-order valence-electron chi connectivity index (χ3n) is 2.67. The summed E-state index contributed by atoms with van der Waals surface area (Å²) in [5, 5.41) is 1.08. The van der Waals surface area contributed by atoms with E-state index in [4.69, 9.17) is 4.74 Å². The predicted molar refractivity (Wildman–Crippen MR) is 72.3 cm³/mol. The standard InChI is InChI=1S/C14H12N2OS/c1-17-11-6-2-3-7-12(11)18-14-10-15-13-8-4-5-9-16(13)14/h2-10H,1H3. The van der Waals surface area contributed by atoms with Crippen molar-refractivity contribution in [3.05, 3.63) is 54.9 Å². The minimum Gasteiger partial charge on any atom is -0.496 e. The van der Waals surface area contributed by atoms with Gasteiger partial charge >= 0.3 is 0 Å². The van der Waals surface area contributed by atoms with Crippen LogP contribution < -0.4 is 4.74 Å². The SMILES string of the molecule is COc1ccccc1Sc1cnc2ccccn12. The van der Waals surface area contributed by atoms with Crippen LogP contribution >= 0.6 is 11.8 Å². The van der Waals surface area contributed by atoms with Crippen LogP contribution in [-0.4, -0.2) is 16.5 Å². The maximum atomic E-state index is 5.36. The summed E-state index contributed by atoms with van der Waals surface area (Å²) in [5.41, 5.74) is 0.954. The van der Waals surface area contributed by atoms with E-state index in [0.29, 0.717) is 0 Å². The fourth-order valence-electron chi connectivity index (χ4n) is 1.80. The van der Waals surface area contributed by atoms with Crippen molar-refractivity contribution in [1.82, 2.24) is 9.38 Å². The van der Waals surface area contributed by atoms with Crippen LogP contribution in [0, 0.1) is 0 Å². The number of methoxy groups -OCH3 is 1. The largest absolute Gasteiger partial charge is 0.496 e. The second-order valence-electron chi connectivity index (χ2n) is 3.78. The zero-order chi connectivity index (χ0) is 12.4. The molecule has 18 heavy (non-hydrogen) atoms. The summed E-state index contributed by atoms with van der Waals surface area (Å²) < 4.78 is 7.42. The molecule has 0 unspecified atom stereocenters. The molecule has 0 aliphatic heterocycles. The maximum absolute atomic E-state index is 5.36. The van der Waals surface area contributed by atoms with Gasteiger partial charge in [0.25, 0.3) is 0 Å². The van der Waals surface area contributed by atoms with Gasteiger partial charge in [-0.2, -0.15) is 0 Å². The first-order valence-corrected chi connectivity index (χ1v) is 6.43. The molecule has 4 heteroatoms. The second kappa shape index (κ2) is 4.74. The molecule has 0 aliphatic rings. The number of aromatic nitrogens is 2. The Morgan fingerprint density at radius 3 is 2.83 bits per heavy atom. The van der Waals surface area contributed by atoms with E-state index >= 15 is 0 Å². The van der Waals surface area contributed by atoms with Crippen molar-refractivity contribution in [3.8, 4) is 5.75 Å². The zero-order valence-corrected chi connectivity index (χ0v) is 10.7. The maximum Gasteiger partial charge on any atom is 0.137 e. The van der Waals surface area contributed by atoms with Crippen molar-refractivity contribution in [2.75, 3.05) is 7.11 Å². The molecule has 2 heterocycles. The predicted octanol–water partition coefficient (Wildman–Crippen LogP) is 3.49. The molecule has 0 fully saturated rings. The molecule has 0 saturated heterocycles. The monoisotopic (exact) mass is 256 g/mol. The van der Waals surface area contributed by atoms with Gasteiger partial charge in [-0.1, -0.05) is 30.0 Å². The summed E-state index contributed by atoms with van der Waals surface area (Å²) in [7, 11) is 1.69. The van der Waals surface area contributed by atoms with Crippen molar-refractivity contribution in [2.45, 2.75) is 9.92 Å². The Bertz CT molecular complexity index is 678. The first kappa shape index (κ1) is 11.2. The molecule has 2 aromatic heterocycles. The van der Waals surface area contributed by atoms with Gasteiger partial charge in [0.05, 0.1) is 18.2 Å². The summed E-state index contributed by atoms with van der Waals surface area (Å²) in [4.78, 5) is 5.46. The van der Waals surface area contributed by atoms with E-state index in [1.807, 2.05) is 54.9 Å². The van der Waals surface area contributed by atoms with Crippen molar-refractivity contribution in [1.29, 1.82) is 0 Å². The number of fused-ring (bicyclic) bond motifs is 1. The quantitative estimate of drug-likeness (QED) is 0.717. The van der Waals surface area contributed by atoms with Gasteiger partial charge in [0.2, 0.25) is 0 Å². The highest BCUT2D eigenvalue weighted by molar-refractivity contribution is 7.99. The van der Waals surface area contributed by atoms with Crippen molar-refractivity contribution < 1.29 is 4.74 Å². The Kier molecular flexibility index (Phi) is 2.94. The van der Waals surface area contributed by atoms with Gasteiger partial charge in [-0.15, -0.1) is 0 Å². The molecule has 0 bridgehead atoms. The van der Waals surface area contributed by atoms with Crippen LogP contribution in [0.3, 0.4) is 0 Å². The number of pyridine rings is 1. The summed E-state index contributed by atoms with van der Waals surface area (Å²) in [6.07, 6.45) is 3.90. The number of ether oxygens (including phenoxy) is 1. The molecule has 0 spiro atoms. The summed E-state index contributed by atoms with van der Waals surface area (Å²) in [6, 6.07) is 14.0. The third kappa shape index (κ3) is 1.95. The van der Waals surface area contributed by atoms with Gasteiger partial charge in [0, 0.05) is 6.20 Å². The molecular weight excluding hydrogens is 244 g/mol. The first-order valence-electron chi connectivity index (χ1n) is 5.61. The summed E-state index contributed by atoms with van der Waals surface area (Å²) >= 11 is 1.65. The number of benzene rings is 1. The Morgan fingerprint density at radius 1 is 1.11 bits per heavy atom. The smallest absolute Gasteiger partial charge is 0.137 e. The Balaban J connectivity index is 2.01. The van der Waals surface area contributed by atoms with Crippen LogP contribution in [0.2, 0.25) is 0 Å². The summed E-state index contributed by atoms with van der Waals surface area (Å²) in [6.45, 7) is 0. The fourth-order valence-corrected chi connectivity index (χ4v) is 2.78. The molecule has 0 atom stereocenters. The van der Waals surface area contributed by atoms with E-state index in [-0.39, 0.29) is 0 Å². The van der Waals surface area contributed by atoms with Gasteiger partial charge in [-0.3, -0.25) is 4.40 Å². The molecule has 0 aliphatic carbocycles. The number of rotatable bonds is 3. The number of nitrogens with zero attached hydrogens (tertiary/aromatic N) is 2. The summed E-state index contributed by atoms with van der Waals surface area (Å²) in [5.74, 6) is 0.883. The highest BCUT2D eigenvalue weighted by Crippen LogP contribution is 2.34. The van der Waals surface area contributed by atoms with Gasteiger partial charge in [-0.05, 0) is 24.3 Å². The Hall–Kier alpha value is -1.94. The normalized spacial score (nSPS) is 10.7.